The van der Waals surface area contributed by atoms with Gasteiger partial charge in [-0.2, -0.15) is 0 Å². The van der Waals surface area contributed by atoms with E-state index >= 15 is 0 Å². The van der Waals surface area contributed by atoms with E-state index in [4.69, 9.17) is 4.74 Å². The van der Waals surface area contributed by atoms with Crippen molar-refractivity contribution in [1.29, 1.82) is 0 Å². The molecule has 0 aliphatic heterocycles. The van der Waals surface area contributed by atoms with E-state index in [-0.39, 0.29) is 6.09 Å². The fraction of sp³-hybridized carbons (Fsp3) is 0.364. The normalized spacial score (nSPS) is 9.73. The largest absolute Gasteiger partial charge is 0.449 e. The Bertz CT molecular complexity index is 303. The fourth-order valence-corrected chi connectivity index (χ4v) is 1.30. The molecule has 0 aromatic heterocycles. The predicted octanol–water partition coefficient (Wildman–Crippen LogP) is 3.04. The molecular weight excluding hydrogens is 258 g/mol. The molecule has 0 radical (unpaired) electrons. The molecule has 3 nitrogen and oxygen atoms in total. The number of nitrogens with zero attached hydrogens (tertiary/aromatic N) is 1. The van der Waals surface area contributed by atoms with Gasteiger partial charge >= 0.3 is 6.09 Å². The minimum atomic E-state index is -0.317. The summed E-state index contributed by atoms with van der Waals surface area (Å²) in [6, 6.07) is 9.42. The van der Waals surface area contributed by atoms with Crippen molar-refractivity contribution in [2.45, 2.75) is 6.42 Å². The Morgan fingerprint density at radius 3 is 2.67 bits per heavy atom. The van der Waals surface area contributed by atoms with Crippen molar-refractivity contribution >= 4 is 27.7 Å². The van der Waals surface area contributed by atoms with E-state index in [0.717, 1.165) is 17.4 Å². The van der Waals surface area contributed by atoms with Crippen LogP contribution in [-0.2, 0) is 4.74 Å². The highest BCUT2D eigenvalue weighted by atomic mass is 79.9. The van der Waals surface area contributed by atoms with E-state index in [2.05, 4.69) is 15.9 Å². The third-order valence-corrected chi connectivity index (χ3v) is 2.48. The van der Waals surface area contributed by atoms with E-state index in [1.165, 1.54) is 4.90 Å². The van der Waals surface area contributed by atoms with Crippen LogP contribution in [0.4, 0.5) is 10.5 Å². The minimum absolute atomic E-state index is 0.317. The minimum Gasteiger partial charge on any atom is -0.449 e. The topological polar surface area (TPSA) is 29.5 Å². The molecule has 0 saturated heterocycles. The molecule has 0 aliphatic rings. The van der Waals surface area contributed by atoms with Gasteiger partial charge in [0.1, 0.15) is 0 Å². The number of benzene rings is 1. The number of anilines is 1. The third-order valence-electron chi connectivity index (χ3n) is 1.92. The van der Waals surface area contributed by atoms with Gasteiger partial charge in [-0.05, 0) is 18.6 Å². The Morgan fingerprint density at radius 2 is 2.07 bits per heavy atom. The van der Waals surface area contributed by atoms with Crippen LogP contribution in [-0.4, -0.2) is 25.1 Å². The second-order valence-corrected chi connectivity index (χ2v) is 3.84. The van der Waals surface area contributed by atoms with Crippen molar-refractivity contribution in [3.8, 4) is 0 Å². The average molecular weight is 272 g/mol. The van der Waals surface area contributed by atoms with Crippen LogP contribution in [0.1, 0.15) is 6.42 Å². The smallest absolute Gasteiger partial charge is 0.414 e. The first-order valence-electron chi connectivity index (χ1n) is 4.77. The van der Waals surface area contributed by atoms with Gasteiger partial charge in [0.2, 0.25) is 0 Å². The summed E-state index contributed by atoms with van der Waals surface area (Å²) in [5, 5.41) is 0.843. The summed E-state index contributed by atoms with van der Waals surface area (Å²) in [6.45, 7) is 0.446. The molecule has 0 unspecified atom stereocenters. The van der Waals surface area contributed by atoms with Crippen molar-refractivity contribution in [1.82, 2.24) is 0 Å². The number of ether oxygens (including phenoxy) is 1. The molecule has 0 spiro atoms. The SMILES string of the molecule is CN(C(=O)OCCCBr)c1ccccc1. The lowest BCUT2D eigenvalue weighted by Gasteiger charge is -2.16. The molecule has 82 valence electrons. The first-order chi connectivity index (χ1) is 7.25. The lowest BCUT2D eigenvalue weighted by atomic mass is 10.3. The Balaban J connectivity index is 2.46. The molecule has 0 N–H and O–H groups in total. The lowest BCUT2D eigenvalue weighted by Crippen LogP contribution is -2.27. The standard InChI is InChI=1S/C11H14BrNO2/c1-13(10-6-3-2-4-7-10)11(14)15-9-5-8-12/h2-4,6-7H,5,8-9H2,1H3. The number of rotatable bonds is 4. The highest BCUT2D eigenvalue weighted by Gasteiger charge is 2.10. The van der Waals surface area contributed by atoms with Gasteiger partial charge < -0.3 is 4.74 Å². The molecule has 1 amide bonds. The molecule has 0 fully saturated rings. The Kier molecular flexibility index (Phi) is 5.18. The maximum Gasteiger partial charge on any atom is 0.414 e. The summed E-state index contributed by atoms with van der Waals surface area (Å²) in [6.07, 6.45) is 0.510. The maximum absolute atomic E-state index is 11.5. The van der Waals surface area contributed by atoms with Crippen molar-refractivity contribution in [3.05, 3.63) is 30.3 Å². The Labute approximate surface area is 98.2 Å². The van der Waals surface area contributed by atoms with Gasteiger partial charge in [-0.25, -0.2) is 4.79 Å². The average Bonchev–Trinajstić information content (AvgIpc) is 2.29. The zero-order chi connectivity index (χ0) is 11.1. The number of amides is 1. The Hall–Kier alpha value is -1.03. The van der Waals surface area contributed by atoms with Crippen molar-refractivity contribution in [2.24, 2.45) is 0 Å². The number of carbonyl (C=O) groups is 1. The highest BCUT2D eigenvalue weighted by molar-refractivity contribution is 9.09. The number of hydrogen-bond acceptors (Lipinski definition) is 2. The molecule has 4 heteroatoms. The van der Waals surface area contributed by atoms with Gasteiger partial charge in [0.15, 0.2) is 0 Å². The highest BCUT2D eigenvalue weighted by Crippen LogP contribution is 2.11. The van der Waals surface area contributed by atoms with Crippen molar-refractivity contribution < 1.29 is 9.53 Å². The van der Waals surface area contributed by atoms with Gasteiger partial charge in [-0.1, -0.05) is 34.1 Å². The molecular formula is C11H14BrNO2. The predicted molar refractivity (Wildman–Crippen MR) is 64.6 cm³/mol. The second kappa shape index (κ2) is 6.45. The van der Waals surface area contributed by atoms with Gasteiger partial charge in [0.25, 0.3) is 0 Å². The van der Waals surface area contributed by atoms with Crippen molar-refractivity contribution in [2.75, 3.05) is 23.9 Å². The van der Waals surface area contributed by atoms with Gasteiger partial charge in [-0.3, -0.25) is 4.90 Å². The van der Waals surface area contributed by atoms with Gasteiger partial charge in [0, 0.05) is 18.1 Å². The first-order valence-corrected chi connectivity index (χ1v) is 5.89. The molecule has 0 heterocycles. The molecule has 0 saturated carbocycles. The molecule has 1 rings (SSSR count). The summed E-state index contributed by atoms with van der Waals surface area (Å²) in [5.74, 6) is 0. The number of alkyl halides is 1. The quantitative estimate of drug-likeness (QED) is 0.622. The fourth-order valence-electron chi connectivity index (χ4n) is 1.07. The molecule has 1 aromatic carbocycles. The van der Waals surface area contributed by atoms with E-state index in [9.17, 15) is 4.79 Å². The lowest BCUT2D eigenvalue weighted by molar-refractivity contribution is 0.155. The van der Waals surface area contributed by atoms with Gasteiger partial charge in [-0.15, -0.1) is 0 Å². The van der Waals surface area contributed by atoms with Gasteiger partial charge in [0.05, 0.1) is 6.61 Å². The Morgan fingerprint density at radius 1 is 1.40 bits per heavy atom. The van der Waals surface area contributed by atoms with E-state index in [0.29, 0.717) is 6.61 Å². The summed E-state index contributed by atoms with van der Waals surface area (Å²) in [7, 11) is 1.70. The first kappa shape index (κ1) is 12.0. The van der Waals surface area contributed by atoms with E-state index in [1.54, 1.807) is 7.05 Å². The van der Waals surface area contributed by atoms with Crippen LogP contribution in [0.5, 0.6) is 0 Å². The molecule has 0 bridgehead atoms. The van der Waals surface area contributed by atoms with Crippen LogP contribution in [0.2, 0.25) is 0 Å². The third kappa shape index (κ3) is 3.91. The maximum atomic E-state index is 11.5. The van der Waals surface area contributed by atoms with Crippen LogP contribution in [0.15, 0.2) is 30.3 Å². The number of halogens is 1. The molecule has 15 heavy (non-hydrogen) atoms. The molecule has 0 atom stereocenters. The zero-order valence-electron chi connectivity index (χ0n) is 8.65. The van der Waals surface area contributed by atoms with Crippen LogP contribution >= 0.6 is 15.9 Å². The van der Waals surface area contributed by atoms with Crippen LogP contribution < -0.4 is 4.90 Å². The summed E-state index contributed by atoms with van der Waals surface area (Å²) < 4.78 is 5.06. The summed E-state index contributed by atoms with van der Waals surface area (Å²) >= 11 is 3.28. The number of para-hydroxylation sites is 1. The second-order valence-electron chi connectivity index (χ2n) is 3.05. The van der Waals surface area contributed by atoms with E-state index in [1.807, 2.05) is 30.3 Å². The van der Waals surface area contributed by atoms with Crippen LogP contribution in [0.3, 0.4) is 0 Å². The molecule has 1 aromatic rings. The number of carbonyl (C=O) groups excluding carboxylic acids is 1. The van der Waals surface area contributed by atoms with Crippen LogP contribution in [0.25, 0.3) is 0 Å². The van der Waals surface area contributed by atoms with Crippen LogP contribution in [0, 0.1) is 0 Å². The summed E-state index contributed by atoms with van der Waals surface area (Å²) in [5.41, 5.74) is 0.835. The van der Waals surface area contributed by atoms with Crippen molar-refractivity contribution in [3.63, 3.8) is 0 Å². The van der Waals surface area contributed by atoms with E-state index < -0.39 is 0 Å². The number of hydrogen-bond donors (Lipinski definition) is 0. The monoisotopic (exact) mass is 271 g/mol. The molecule has 0 aliphatic carbocycles. The summed E-state index contributed by atoms with van der Waals surface area (Å²) in [4.78, 5) is 13.0. The zero-order valence-corrected chi connectivity index (χ0v) is 10.2.